The summed E-state index contributed by atoms with van der Waals surface area (Å²) in [4.78, 5) is 26.2. The smallest absolute Gasteiger partial charge is 0.338 e. The average molecular weight is 395 g/mol. The highest BCUT2D eigenvalue weighted by atomic mass is 31.2. The first-order valence-electron chi connectivity index (χ1n) is 8.85. The number of amides is 2. The molecule has 0 unspecified atom stereocenters. The molecule has 0 aliphatic carbocycles. The van der Waals surface area contributed by atoms with Crippen LogP contribution in [0.4, 0.5) is 0 Å². The Morgan fingerprint density at radius 2 is 1.52 bits per heavy atom. The van der Waals surface area contributed by atoms with Gasteiger partial charge in [-0.1, -0.05) is 12.1 Å². The molecular weight excluding hydrogens is 369 g/mol. The highest BCUT2D eigenvalue weighted by Crippen LogP contribution is 2.50. The van der Waals surface area contributed by atoms with Crippen LogP contribution in [-0.4, -0.2) is 41.7 Å². The van der Waals surface area contributed by atoms with Gasteiger partial charge in [0.15, 0.2) is 0 Å². The van der Waals surface area contributed by atoms with Crippen LogP contribution in [-0.2, 0) is 18.3 Å². The third kappa shape index (κ3) is 5.28. The van der Waals surface area contributed by atoms with Gasteiger partial charge in [0.1, 0.15) is 17.5 Å². The average Bonchev–Trinajstić information content (AvgIpc) is 2.79. The molecule has 0 spiro atoms. The van der Waals surface area contributed by atoms with Crippen LogP contribution in [0.25, 0.3) is 0 Å². The van der Waals surface area contributed by atoms with Gasteiger partial charge in [-0.25, -0.2) is 4.90 Å². The molecule has 1 aliphatic heterocycles. The van der Waals surface area contributed by atoms with E-state index in [0.717, 1.165) is 4.90 Å². The maximum Gasteiger partial charge on any atom is 0.338 e. The molecule has 7 nitrogen and oxygen atoms in total. The zero-order valence-corrected chi connectivity index (χ0v) is 17.2. The Balaban J connectivity index is 2.38. The van der Waals surface area contributed by atoms with E-state index in [1.165, 1.54) is 6.20 Å². The number of carbonyl (C=O) groups is 2. The Morgan fingerprint density at radius 1 is 1.04 bits per heavy atom. The number of rotatable bonds is 8. The van der Waals surface area contributed by atoms with Gasteiger partial charge < -0.3 is 13.8 Å². The van der Waals surface area contributed by atoms with Crippen molar-refractivity contribution in [1.82, 2.24) is 4.90 Å². The van der Waals surface area contributed by atoms with Crippen molar-refractivity contribution in [1.29, 1.82) is 0 Å². The first-order chi connectivity index (χ1) is 12.6. The Labute approximate surface area is 159 Å². The summed E-state index contributed by atoms with van der Waals surface area (Å²) in [6.45, 7) is 9.27. The van der Waals surface area contributed by atoms with Crippen LogP contribution in [0, 0.1) is 0 Å². The third-order valence-corrected chi connectivity index (χ3v) is 5.54. The Hall–Kier alpha value is -1.95. The fourth-order valence-corrected chi connectivity index (χ4v) is 4.25. The van der Waals surface area contributed by atoms with Gasteiger partial charge in [0, 0.05) is 0 Å². The molecule has 27 heavy (non-hydrogen) atoms. The number of hydrogen-bond acceptors (Lipinski definition) is 6. The van der Waals surface area contributed by atoms with Crippen molar-refractivity contribution in [3.8, 4) is 0 Å². The van der Waals surface area contributed by atoms with Gasteiger partial charge in [-0.2, -0.15) is 0 Å². The summed E-state index contributed by atoms with van der Waals surface area (Å²) in [5.41, 5.74) is 0.0200. The second kappa shape index (κ2) is 8.38. The highest BCUT2D eigenvalue weighted by Gasteiger charge is 2.36. The molecule has 148 valence electrons. The molecule has 1 aromatic carbocycles. The van der Waals surface area contributed by atoms with Gasteiger partial charge >= 0.3 is 7.60 Å². The topological polar surface area (TPSA) is 82.1 Å². The predicted octanol–water partition coefficient (Wildman–Crippen LogP) is 4.21. The number of hydrogen-bond donors (Lipinski definition) is 0. The standard InChI is InChI=1S/C19H26NO6P/c1-6-24-27(23,25-7-2)13-14(26-19(3,4)5)12-20-17(21)15-10-8-9-11-16(15)18(20)22/h8-12H,6-7,13H2,1-5H3/b14-12+. The first kappa shape index (κ1) is 21.4. The van der Waals surface area contributed by atoms with E-state index in [1.807, 2.05) is 20.8 Å². The van der Waals surface area contributed by atoms with Crippen molar-refractivity contribution < 1.29 is 27.9 Å². The molecule has 0 bridgehead atoms. The molecule has 0 fully saturated rings. The van der Waals surface area contributed by atoms with Crippen LogP contribution in [0.2, 0.25) is 0 Å². The summed E-state index contributed by atoms with van der Waals surface area (Å²) < 4.78 is 29.4. The number of carbonyl (C=O) groups excluding carboxylic acids is 2. The quantitative estimate of drug-likeness (QED) is 0.373. The lowest BCUT2D eigenvalue weighted by atomic mass is 10.1. The van der Waals surface area contributed by atoms with Crippen molar-refractivity contribution in [2.45, 2.75) is 40.2 Å². The Bertz CT molecular complexity index is 751. The SMILES string of the molecule is CCOP(=O)(C/C(=C\N1C(=O)c2ccccc2C1=O)OC(C)(C)C)OCC. The zero-order valence-electron chi connectivity index (χ0n) is 16.4. The van der Waals surface area contributed by atoms with Crippen molar-refractivity contribution in [2.24, 2.45) is 0 Å². The lowest BCUT2D eigenvalue weighted by Crippen LogP contribution is -2.27. The van der Waals surface area contributed by atoms with Gasteiger partial charge in [-0.05, 0) is 46.8 Å². The van der Waals surface area contributed by atoms with E-state index >= 15 is 0 Å². The molecule has 0 radical (unpaired) electrons. The largest absolute Gasteiger partial charge is 0.490 e. The van der Waals surface area contributed by atoms with Crippen molar-refractivity contribution in [3.05, 3.63) is 47.4 Å². The number of benzene rings is 1. The van der Waals surface area contributed by atoms with Gasteiger partial charge in [0.2, 0.25) is 0 Å². The molecule has 1 aromatic rings. The van der Waals surface area contributed by atoms with Crippen LogP contribution < -0.4 is 0 Å². The van der Waals surface area contributed by atoms with E-state index in [9.17, 15) is 14.2 Å². The molecule has 0 saturated heterocycles. The molecule has 2 rings (SSSR count). The van der Waals surface area contributed by atoms with E-state index in [1.54, 1.807) is 38.1 Å². The molecular formula is C19H26NO6P. The minimum atomic E-state index is -3.47. The number of fused-ring (bicyclic) bond motifs is 1. The Kier molecular flexibility index (Phi) is 6.63. The predicted molar refractivity (Wildman–Crippen MR) is 102 cm³/mol. The van der Waals surface area contributed by atoms with Gasteiger partial charge in [0.25, 0.3) is 11.8 Å². The molecule has 1 aliphatic rings. The summed E-state index contributed by atoms with van der Waals surface area (Å²) in [7, 11) is -3.47. The number of imide groups is 1. The first-order valence-corrected chi connectivity index (χ1v) is 10.6. The van der Waals surface area contributed by atoms with Gasteiger partial charge in [-0.3, -0.25) is 14.2 Å². The molecule has 1 heterocycles. The molecule has 2 amide bonds. The van der Waals surface area contributed by atoms with E-state index in [2.05, 4.69) is 0 Å². The van der Waals surface area contributed by atoms with E-state index in [0.29, 0.717) is 11.1 Å². The molecule has 0 N–H and O–H groups in total. The van der Waals surface area contributed by atoms with Crippen molar-refractivity contribution in [2.75, 3.05) is 19.4 Å². The lowest BCUT2D eigenvalue weighted by Gasteiger charge is -2.26. The van der Waals surface area contributed by atoms with Crippen LogP contribution in [0.3, 0.4) is 0 Å². The minimum absolute atomic E-state index is 0.181. The zero-order chi connectivity index (χ0) is 20.2. The summed E-state index contributed by atoms with van der Waals surface area (Å²) in [5.74, 6) is -0.719. The van der Waals surface area contributed by atoms with Crippen LogP contribution >= 0.6 is 7.60 Å². The molecule has 8 heteroatoms. The van der Waals surface area contributed by atoms with E-state index in [4.69, 9.17) is 13.8 Å². The van der Waals surface area contributed by atoms with Crippen molar-refractivity contribution >= 4 is 19.4 Å². The van der Waals surface area contributed by atoms with Crippen LogP contribution in [0.5, 0.6) is 0 Å². The molecule has 0 aromatic heterocycles. The minimum Gasteiger partial charge on any atom is -0.490 e. The number of nitrogens with zero attached hydrogens (tertiary/aromatic N) is 1. The maximum absolute atomic E-state index is 12.9. The van der Waals surface area contributed by atoms with Crippen LogP contribution in [0.15, 0.2) is 36.2 Å². The fourth-order valence-electron chi connectivity index (χ4n) is 2.67. The third-order valence-electron chi connectivity index (χ3n) is 3.54. The monoisotopic (exact) mass is 395 g/mol. The van der Waals surface area contributed by atoms with E-state index in [-0.39, 0.29) is 25.1 Å². The lowest BCUT2D eigenvalue weighted by molar-refractivity contribution is 0.0463. The normalized spacial score (nSPS) is 15.3. The summed E-state index contributed by atoms with van der Waals surface area (Å²) in [6.07, 6.45) is 1.11. The van der Waals surface area contributed by atoms with Gasteiger partial charge in [-0.15, -0.1) is 0 Å². The number of ether oxygens (including phenoxy) is 1. The number of allylic oxidation sites excluding steroid dienone is 1. The molecule has 0 saturated carbocycles. The summed E-state index contributed by atoms with van der Waals surface area (Å²) >= 11 is 0. The maximum atomic E-state index is 12.9. The summed E-state index contributed by atoms with van der Waals surface area (Å²) in [5, 5.41) is 0. The van der Waals surface area contributed by atoms with Crippen LogP contribution in [0.1, 0.15) is 55.3 Å². The molecule has 0 atom stereocenters. The second-order valence-electron chi connectivity index (χ2n) is 6.94. The van der Waals surface area contributed by atoms with Crippen molar-refractivity contribution in [3.63, 3.8) is 0 Å². The second-order valence-corrected chi connectivity index (χ2v) is 8.99. The van der Waals surface area contributed by atoms with Gasteiger partial charge in [0.05, 0.1) is 30.5 Å². The highest BCUT2D eigenvalue weighted by molar-refractivity contribution is 7.54. The fraction of sp³-hybridized carbons (Fsp3) is 0.474. The summed E-state index contributed by atoms with van der Waals surface area (Å²) in [6, 6.07) is 6.59. The Morgan fingerprint density at radius 3 is 1.93 bits per heavy atom. The van der Waals surface area contributed by atoms with E-state index < -0.39 is 25.0 Å².